The summed E-state index contributed by atoms with van der Waals surface area (Å²) in [5, 5.41) is 27.3. The fourth-order valence-electron chi connectivity index (χ4n) is 4.48. The van der Waals surface area contributed by atoms with E-state index in [0.717, 1.165) is 47.9 Å². The minimum Gasteiger partial charge on any atom is -0.507 e. The number of rotatable bonds is 3. The first-order valence-corrected chi connectivity index (χ1v) is 10.5. The molecule has 0 saturated heterocycles. The van der Waals surface area contributed by atoms with Gasteiger partial charge in [-0.3, -0.25) is 0 Å². The smallest absolute Gasteiger partial charge is 0.341 e. The molecule has 0 unspecified atom stereocenters. The first-order chi connectivity index (χ1) is 13.6. The Kier molecular flexibility index (Phi) is 4.13. The van der Waals surface area contributed by atoms with Crippen molar-refractivity contribution >= 4 is 33.1 Å². The van der Waals surface area contributed by atoms with Gasteiger partial charge in [0.05, 0.1) is 5.69 Å². The molecule has 4 nitrogen and oxygen atoms in total. The Morgan fingerprint density at radius 3 is 2.82 bits per heavy atom. The molecule has 28 heavy (non-hydrogen) atoms. The van der Waals surface area contributed by atoms with Gasteiger partial charge in [-0.2, -0.15) is 0 Å². The van der Waals surface area contributed by atoms with Crippen LogP contribution >= 0.6 is 11.3 Å². The lowest BCUT2D eigenvalue weighted by molar-refractivity contribution is 0.0694. The van der Waals surface area contributed by atoms with E-state index >= 15 is 0 Å². The summed E-state index contributed by atoms with van der Waals surface area (Å²) in [4.78, 5) is 12.0. The number of carboxylic acids is 1. The van der Waals surface area contributed by atoms with Gasteiger partial charge in [-0.15, -0.1) is 11.3 Å². The fraction of sp³-hybridized carbons (Fsp3) is 0.261. The predicted octanol–water partition coefficient (Wildman–Crippen LogP) is 5.69. The van der Waals surface area contributed by atoms with Gasteiger partial charge in [0, 0.05) is 16.8 Å². The van der Waals surface area contributed by atoms with Gasteiger partial charge in [-0.1, -0.05) is 18.2 Å². The largest absolute Gasteiger partial charge is 0.507 e. The Balaban J connectivity index is 1.61. The summed E-state index contributed by atoms with van der Waals surface area (Å²) < 4.78 is 1.20. The zero-order valence-corrected chi connectivity index (χ0v) is 16.2. The lowest BCUT2D eigenvalue weighted by Crippen LogP contribution is -2.19. The predicted molar refractivity (Wildman–Crippen MR) is 113 cm³/mol. The lowest BCUT2D eigenvalue weighted by atomic mass is 9.85. The number of allylic oxidation sites excluding steroid dienone is 2. The van der Waals surface area contributed by atoms with Crippen molar-refractivity contribution in [3.8, 4) is 5.75 Å². The van der Waals surface area contributed by atoms with E-state index in [4.69, 9.17) is 0 Å². The second-order valence-electron chi connectivity index (χ2n) is 7.62. The highest BCUT2D eigenvalue weighted by Gasteiger charge is 2.28. The van der Waals surface area contributed by atoms with Gasteiger partial charge in [0.1, 0.15) is 11.3 Å². The number of nitrogens with one attached hydrogen (secondary N) is 1. The average Bonchev–Trinajstić information content (AvgIpc) is 3.10. The lowest BCUT2D eigenvalue weighted by Gasteiger charge is -2.30. The molecule has 5 rings (SSSR count). The second-order valence-corrected chi connectivity index (χ2v) is 8.53. The van der Waals surface area contributed by atoms with E-state index in [-0.39, 0.29) is 11.3 Å². The number of anilines is 1. The molecule has 5 heteroatoms. The van der Waals surface area contributed by atoms with E-state index in [1.54, 1.807) is 11.3 Å². The molecule has 1 aliphatic heterocycles. The molecule has 1 aromatic heterocycles. The third-order valence-electron chi connectivity index (χ3n) is 5.88. The van der Waals surface area contributed by atoms with Crippen LogP contribution in [0.15, 0.2) is 47.0 Å². The maximum absolute atomic E-state index is 12.0. The number of aromatic hydroxyl groups is 1. The van der Waals surface area contributed by atoms with Crippen LogP contribution in [0.2, 0.25) is 0 Å². The molecule has 142 valence electrons. The van der Waals surface area contributed by atoms with Gasteiger partial charge in [0.2, 0.25) is 0 Å². The molecule has 0 bridgehead atoms. The number of thiophene rings is 1. The Morgan fingerprint density at radius 2 is 1.96 bits per heavy atom. The monoisotopic (exact) mass is 391 g/mol. The van der Waals surface area contributed by atoms with Crippen molar-refractivity contribution in [2.45, 2.75) is 38.5 Å². The highest BCUT2D eigenvalue weighted by atomic mass is 32.1. The maximum Gasteiger partial charge on any atom is 0.341 e. The third-order valence-corrected chi connectivity index (χ3v) is 6.89. The molecule has 2 heterocycles. The molecular weight excluding hydrogens is 370 g/mol. The highest BCUT2D eigenvalue weighted by Crippen LogP contribution is 2.42. The van der Waals surface area contributed by atoms with Gasteiger partial charge in [0.25, 0.3) is 0 Å². The van der Waals surface area contributed by atoms with Gasteiger partial charge < -0.3 is 15.5 Å². The number of hydrogen-bond donors (Lipinski definition) is 3. The number of hydrogen-bond acceptors (Lipinski definition) is 4. The van der Waals surface area contributed by atoms with Gasteiger partial charge >= 0.3 is 5.97 Å². The number of benzene rings is 2. The van der Waals surface area contributed by atoms with E-state index in [0.29, 0.717) is 17.7 Å². The number of carboxylic acid groups (broad SMARTS) is 1. The summed E-state index contributed by atoms with van der Waals surface area (Å²) in [5.74, 6) is -1.20. The Bertz CT molecular complexity index is 1140. The van der Waals surface area contributed by atoms with Crippen LogP contribution in [0.4, 0.5) is 5.69 Å². The Morgan fingerprint density at radius 1 is 1.14 bits per heavy atom. The van der Waals surface area contributed by atoms with Crippen LogP contribution < -0.4 is 5.32 Å². The summed E-state index contributed by atoms with van der Waals surface area (Å²) in [6.45, 7) is 0. The van der Waals surface area contributed by atoms with E-state index in [9.17, 15) is 15.0 Å². The Labute approximate surface area is 167 Å². The van der Waals surface area contributed by atoms with Gasteiger partial charge in [-0.05, 0) is 77.3 Å². The van der Waals surface area contributed by atoms with Crippen molar-refractivity contribution in [2.75, 3.05) is 5.32 Å². The zero-order valence-electron chi connectivity index (χ0n) is 15.4. The third kappa shape index (κ3) is 2.78. The fourth-order valence-corrected chi connectivity index (χ4v) is 5.45. The average molecular weight is 391 g/mol. The number of phenols is 1. The van der Waals surface area contributed by atoms with Crippen molar-refractivity contribution in [3.05, 3.63) is 69.2 Å². The standard InChI is InChI=1S/C23H21NO3S/c25-22-15(11-16-12-28-19-8-4-2-6-17(16)19)10-14-9-13-5-1-3-7-18(13)24-21(14)20(22)23(26)27/h2,4,6,8,10,12,24-25H,1,3,5,7,9,11H2,(H,26,27). The van der Waals surface area contributed by atoms with Crippen molar-refractivity contribution in [1.29, 1.82) is 0 Å². The van der Waals surface area contributed by atoms with Crippen LogP contribution in [0.1, 0.15) is 52.7 Å². The molecule has 0 spiro atoms. The summed E-state index contributed by atoms with van der Waals surface area (Å²) in [7, 11) is 0. The van der Waals surface area contributed by atoms with Crippen molar-refractivity contribution in [2.24, 2.45) is 0 Å². The number of fused-ring (bicyclic) bond motifs is 2. The van der Waals surface area contributed by atoms with Crippen LogP contribution in [0.3, 0.4) is 0 Å². The topological polar surface area (TPSA) is 69.6 Å². The van der Waals surface area contributed by atoms with Crippen LogP contribution in [-0.4, -0.2) is 16.2 Å². The number of aromatic carboxylic acids is 1. The van der Waals surface area contributed by atoms with Crippen LogP contribution in [0, 0.1) is 0 Å². The summed E-state index contributed by atoms with van der Waals surface area (Å²) in [6.07, 6.45) is 5.63. The normalized spacial score (nSPS) is 15.9. The molecule has 3 N–H and O–H groups in total. The molecule has 2 aromatic carbocycles. The molecule has 1 aliphatic carbocycles. The molecule has 3 aromatic rings. The number of carbonyl (C=O) groups is 1. The molecule has 0 fully saturated rings. The minimum absolute atomic E-state index is 0.00385. The van der Waals surface area contributed by atoms with Crippen molar-refractivity contribution in [1.82, 2.24) is 0 Å². The summed E-state index contributed by atoms with van der Waals surface area (Å²) in [6, 6.07) is 10.2. The quantitative estimate of drug-likeness (QED) is 0.536. The molecular formula is C23H21NO3S. The molecule has 0 radical (unpaired) electrons. The van der Waals surface area contributed by atoms with E-state index in [1.165, 1.54) is 16.7 Å². The van der Waals surface area contributed by atoms with Crippen LogP contribution in [-0.2, 0) is 12.8 Å². The summed E-state index contributed by atoms with van der Waals surface area (Å²) in [5.41, 5.74) is 5.89. The maximum atomic E-state index is 12.0. The van der Waals surface area contributed by atoms with Crippen molar-refractivity contribution < 1.29 is 15.0 Å². The Hall–Kier alpha value is -2.79. The van der Waals surface area contributed by atoms with E-state index < -0.39 is 5.97 Å². The molecule has 2 aliphatic rings. The second kappa shape index (κ2) is 6.67. The van der Waals surface area contributed by atoms with E-state index in [1.807, 2.05) is 18.2 Å². The van der Waals surface area contributed by atoms with Crippen LogP contribution in [0.25, 0.3) is 10.1 Å². The SMILES string of the molecule is O=C(O)c1c(O)c(Cc2csc3ccccc23)cc2c1NC1=C(CCCC1)C2. The van der Waals surface area contributed by atoms with Crippen LogP contribution in [0.5, 0.6) is 5.75 Å². The first-order valence-electron chi connectivity index (χ1n) is 9.66. The minimum atomic E-state index is -1.09. The van der Waals surface area contributed by atoms with Gasteiger partial charge in [-0.25, -0.2) is 4.79 Å². The molecule has 0 saturated carbocycles. The van der Waals surface area contributed by atoms with Gasteiger partial charge in [0.15, 0.2) is 0 Å². The zero-order chi connectivity index (χ0) is 19.3. The highest BCUT2D eigenvalue weighted by molar-refractivity contribution is 7.17. The molecule has 0 amide bonds. The summed E-state index contributed by atoms with van der Waals surface area (Å²) >= 11 is 1.68. The van der Waals surface area contributed by atoms with Crippen molar-refractivity contribution in [3.63, 3.8) is 0 Å². The van der Waals surface area contributed by atoms with E-state index in [2.05, 4.69) is 22.8 Å². The molecule has 0 atom stereocenters. The first kappa shape index (κ1) is 17.3.